The molecule has 1 rings (SSSR count). The molecule has 11 heavy (non-hydrogen) atoms. The van der Waals surface area contributed by atoms with Crippen molar-refractivity contribution in [2.75, 3.05) is 0 Å². The van der Waals surface area contributed by atoms with Crippen molar-refractivity contribution in [3.05, 3.63) is 21.3 Å². The zero-order valence-corrected chi connectivity index (χ0v) is 7.94. The zero-order valence-electron chi connectivity index (χ0n) is 7.13. The third-order valence-corrected chi connectivity index (χ3v) is 3.08. The number of aryl methyl sites for hydroxylation is 1. The Kier molecular flexibility index (Phi) is 2.49. The van der Waals surface area contributed by atoms with Gasteiger partial charge in [-0.2, -0.15) is 0 Å². The maximum atomic E-state index is 11.3. The lowest BCUT2D eigenvalue weighted by molar-refractivity contribution is 0.556. The van der Waals surface area contributed by atoms with Gasteiger partial charge in [0.15, 0.2) is 0 Å². The fourth-order valence-electron chi connectivity index (χ4n) is 0.878. The predicted octanol–water partition coefficient (Wildman–Crippen LogP) is 2.19. The largest absolute Gasteiger partial charge is 0.268 e. The van der Waals surface area contributed by atoms with Crippen molar-refractivity contribution in [1.29, 1.82) is 0 Å². The standard InChI is InChI=1S/C8H13NOS/c1-4-7(3)9-8(10)6(2)5-11-9/h5,7H,4H2,1-3H3. The molecule has 0 fully saturated rings. The minimum Gasteiger partial charge on any atom is -0.268 e. The van der Waals surface area contributed by atoms with Gasteiger partial charge in [-0.15, -0.1) is 0 Å². The van der Waals surface area contributed by atoms with Gasteiger partial charge < -0.3 is 0 Å². The van der Waals surface area contributed by atoms with Crippen LogP contribution in [-0.2, 0) is 0 Å². The van der Waals surface area contributed by atoms with Crippen LogP contribution in [0.5, 0.6) is 0 Å². The van der Waals surface area contributed by atoms with Crippen molar-refractivity contribution < 1.29 is 0 Å². The van der Waals surface area contributed by atoms with Crippen LogP contribution in [0.2, 0.25) is 0 Å². The first-order valence-corrected chi connectivity index (χ1v) is 4.67. The Labute approximate surface area is 70.6 Å². The molecule has 0 radical (unpaired) electrons. The highest BCUT2D eigenvalue weighted by atomic mass is 32.1. The molecule has 1 atom stereocenters. The predicted molar refractivity (Wildman–Crippen MR) is 48.3 cm³/mol. The topological polar surface area (TPSA) is 22.0 Å². The molecule has 1 aromatic rings. The summed E-state index contributed by atoms with van der Waals surface area (Å²) in [6, 6.07) is 0.348. The van der Waals surface area contributed by atoms with Crippen molar-refractivity contribution in [1.82, 2.24) is 3.96 Å². The van der Waals surface area contributed by atoms with Crippen LogP contribution in [0.15, 0.2) is 10.2 Å². The van der Waals surface area contributed by atoms with Crippen LogP contribution in [0, 0.1) is 6.92 Å². The molecule has 0 saturated carbocycles. The molecule has 1 heterocycles. The quantitative estimate of drug-likeness (QED) is 0.668. The van der Waals surface area contributed by atoms with E-state index in [1.54, 1.807) is 0 Å². The van der Waals surface area contributed by atoms with Crippen LogP contribution < -0.4 is 5.56 Å². The first-order valence-electron chi connectivity index (χ1n) is 3.84. The van der Waals surface area contributed by atoms with E-state index in [4.69, 9.17) is 0 Å². The molecule has 1 unspecified atom stereocenters. The summed E-state index contributed by atoms with van der Waals surface area (Å²) in [7, 11) is 0. The number of nitrogens with zero attached hydrogens (tertiary/aromatic N) is 1. The van der Waals surface area contributed by atoms with Crippen molar-refractivity contribution in [2.24, 2.45) is 0 Å². The third kappa shape index (κ3) is 1.53. The Balaban J connectivity index is 3.05. The van der Waals surface area contributed by atoms with Gasteiger partial charge in [0, 0.05) is 17.0 Å². The van der Waals surface area contributed by atoms with E-state index < -0.39 is 0 Å². The molecule has 0 aromatic carbocycles. The van der Waals surface area contributed by atoms with Crippen LogP contribution in [0.4, 0.5) is 0 Å². The second-order valence-corrected chi connectivity index (χ2v) is 3.63. The van der Waals surface area contributed by atoms with Gasteiger partial charge in [0.2, 0.25) is 0 Å². The van der Waals surface area contributed by atoms with Crippen molar-refractivity contribution in [3.8, 4) is 0 Å². The van der Waals surface area contributed by atoms with Gasteiger partial charge in [0.25, 0.3) is 5.56 Å². The molecule has 0 spiro atoms. The van der Waals surface area contributed by atoms with Gasteiger partial charge in [0.1, 0.15) is 0 Å². The summed E-state index contributed by atoms with van der Waals surface area (Å²) >= 11 is 1.51. The van der Waals surface area contributed by atoms with Crippen LogP contribution in [0.1, 0.15) is 31.9 Å². The van der Waals surface area contributed by atoms with Gasteiger partial charge in [0.05, 0.1) is 0 Å². The monoisotopic (exact) mass is 171 g/mol. The van der Waals surface area contributed by atoms with Gasteiger partial charge >= 0.3 is 0 Å². The Morgan fingerprint density at radius 2 is 2.36 bits per heavy atom. The molecule has 0 aliphatic carbocycles. The molecule has 2 nitrogen and oxygen atoms in total. The van der Waals surface area contributed by atoms with Gasteiger partial charge in [-0.3, -0.25) is 8.75 Å². The first-order chi connectivity index (χ1) is 5.16. The summed E-state index contributed by atoms with van der Waals surface area (Å²) in [6.07, 6.45) is 1.01. The van der Waals surface area contributed by atoms with E-state index in [-0.39, 0.29) is 5.56 Å². The summed E-state index contributed by atoms with van der Waals surface area (Å²) in [5.74, 6) is 0. The van der Waals surface area contributed by atoms with Gasteiger partial charge in [-0.05, 0) is 20.3 Å². The fraction of sp³-hybridized carbons (Fsp3) is 0.625. The lowest BCUT2D eigenvalue weighted by Crippen LogP contribution is -2.17. The van der Waals surface area contributed by atoms with Crippen LogP contribution in [0.25, 0.3) is 0 Å². The number of rotatable bonds is 2. The average Bonchev–Trinajstić information content (AvgIpc) is 2.32. The molecule has 0 bridgehead atoms. The molecule has 0 aliphatic heterocycles. The number of hydrogen-bond donors (Lipinski definition) is 0. The van der Waals surface area contributed by atoms with Crippen LogP contribution in [0.3, 0.4) is 0 Å². The Morgan fingerprint density at radius 3 is 2.73 bits per heavy atom. The minimum atomic E-state index is 0.171. The molecular weight excluding hydrogens is 158 g/mol. The molecule has 0 saturated heterocycles. The highest BCUT2D eigenvalue weighted by molar-refractivity contribution is 7.04. The average molecular weight is 171 g/mol. The van der Waals surface area contributed by atoms with Crippen molar-refractivity contribution in [2.45, 2.75) is 33.2 Å². The van der Waals surface area contributed by atoms with Gasteiger partial charge in [-0.1, -0.05) is 18.5 Å². The second-order valence-electron chi connectivity index (χ2n) is 2.79. The molecule has 0 amide bonds. The molecule has 0 N–H and O–H groups in total. The highest BCUT2D eigenvalue weighted by Crippen LogP contribution is 2.11. The Bertz CT molecular complexity index is 287. The van der Waals surface area contributed by atoms with E-state index >= 15 is 0 Å². The van der Waals surface area contributed by atoms with Crippen LogP contribution >= 0.6 is 11.5 Å². The molecular formula is C8H13NOS. The van der Waals surface area contributed by atoms with E-state index in [2.05, 4.69) is 13.8 Å². The third-order valence-electron chi connectivity index (χ3n) is 1.87. The van der Waals surface area contributed by atoms with E-state index in [1.807, 2.05) is 16.3 Å². The van der Waals surface area contributed by atoms with E-state index in [9.17, 15) is 4.79 Å². The zero-order chi connectivity index (χ0) is 8.43. The Morgan fingerprint density at radius 1 is 1.73 bits per heavy atom. The first kappa shape index (κ1) is 8.53. The van der Waals surface area contributed by atoms with Crippen LogP contribution in [-0.4, -0.2) is 3.96 Å². The summed E-state index contributed by atoms with van der Waals surface area (Å²) in [5.41, 5.74) is 1.03. The lowest BCUT2D eigenvalue weighted by Gasteiger charge is -2.06. The summed E-state index contributed by atoms with van der Waals surface area (Å²) in [4.78, 5) is 11.3. The molecule has 62 valence electrons. The number of aromatic nitrogens is 1. The van der Waals surface area contributed by atoms with Crippen molar-refractivity contribution in [3.63, 3.8) is 0 Å². The second kappa shape index (κ2) is 3.22. The van der Waals surface area contributed by atoms with E-state index in [1.165, 1.54) is 11.5 Å². The van der Waals surface area contributed by atoms with E-state index in [0.717, 1.165) is 12.0 Å². The summed E-state index contributed by atoms with van der Waals surface area (Å²) in [5, 5.41) is 1.91. The maximum absolute atomic E-state index is 11.3. The van der Waals surface area contributed by atoms with Crippen molar-refractivity contribution >= 4 is 11.5 Å². The number of hydrogen-bond acceptors (Lipinski definition) is 2. The smallest absolute Gasteiger partial charge is 0.263 e. The summed E-state index contributed by atoms with van der Waals surface area (Å²) < 4.78 is 1.83. The molecule has 0 aliphatic rings. The Hall–Kier alpha value is -0.570. The maximum Gasteiger partial charge on any atom is 0.263 e. The molecule has 3 heteroatoms. The lowest BCUT2D eigenvalue weighted by atomic mass is 10.3. The SMILES string of the molecule is CCC(C)n1scc(C)c1=O. The fourth-order valence-corrected chi connectivity index (χ4v) is 1.85. The van der Waals surface area contributed by atoms with E-state index in [0.29, 0.717) is 6.04 Å². The normalized spacial score (nSPS) is 13.4. The minimum absolute atomic E-state index is 0.171. The van der Waals surface area contributed by atoms with Gasteiger partial charge in [-0.25, -0.2) is 0 Å². The summed E-state index contributed by atoms with van der Waals surface area (Å²) in [6.45, 7) is 6.02. The highest BCUT2D eigenvalue weighted by Gasteiger charge is 2.06. The molecule has 1 aromatic heterocycles.